The summed E-state index contributed by atoms with van der Waals surface area (Å²) in [5.41, 5.74) is 4.18. The van der Waals surface area contributed by atoms with E-state index < -0.39 is 65.2 Å². The molecule has 2 aromatic rings. The highest BCUT2D eigenvalue weighted by Crippen LogP contribution is 2.41. The van der Waals surface area contributed by atoms with Gasteiger partial charge >= 0.3 is 18.2 Å². The number of nitrogens with one attached hydrogen (secondary N) is 2. The lowest BCUT2D eigenvalue weighted by molar-refractivity contribution is -0.174. The fraction of sp³-hybridized carbons (Fsp3) is 0.545. The zero-order chi connectivity index (χ0) is 33.8. The van der Waals surface area contributed by atoms with E-state index in [1.807, 2.05) is 0 Å². The lowest BCUT2D eigenvalue weighted by Crippen LogP contribution is -2.71. The van der Waals surface area contributed by atoms with Gasteiger partial charge in [0, 0.05) is 29.6 Å². The average molecular weight is 710 g/mol. The number of anilines is 1. The van der Waals surface area contributed by atoms with Crippen molar-refractivity contribution in [1.82, 2.24) is 45.1 Å². The first-order chi connectivity index (χ1) is 21.5. The van der Waals surface area contributed by atoms with Crippen molar-refractivity contribution in [3.8, 4) is 0 Å². The number of carboxylic acid groups (broad SMARTS) is 1. The lowest BCUT2D eigenvalue weighted by Gasteiger charge is -2.49. The van der Waals surface area contributed by atoms with Crippen LogP contribution in [0.25, 0.3) is 0 Å². The maximum absolute atomic E-state index is 13.1. The zero-order valence-electron chi connectivity index (χ0n) is 24.1. The summed E-state index contributed by atoms with van der Waals surface area (Å²) in [4.78, 5) is 59.2. The van der Waals surface area contributed by atoms with Crippen LogP contribution in [0.3, 0.4) is 0 Å². The van der Waals surface area contributed by atoms with Crippen molar-refractivity contribution in [2.45, 2.75) is 55.7 Å². The maximum Gasteiger partial charge on any atom is 0.425 e. The number of carbonyl (C=O) groups is 4. The number of fused-ring (bicyclic) bond motifs is 1. The highest BCUT2D eigenvalue weighted by atomic mass is 32.2. The quantitative estimate of drug-likeness (QED) is 0.101. The van der Waals surface area contributed by atoms with Crippen LogP contribution in [-0.4, -0.2) is 117 Å². The molecule has 1 fully saturated rings. The van der Waals surface area contributed by atoms with E-state index in [4.69, 9.17) is 10.5 Å². The van der Waals surface area contributed by atoms with Gasteiger partial charge in [-0.25, -0.2) is 14.3 Å². The first-order valence-corrected chi connectivity index (χ1v) is 15.8. The van der Waals surface area contributed by atoms with Gasteiger partial charge in [0.05, 0.1) is 6.54 Å². The lowest BCUT2D eigenvalue weighted by atomic mass is 10.0. The largest absolute Gasteiger partial charge is 0.477 e. The molecule has 0 radical (unpaired) electrons. The standard InChI is InChI=1S/C22H26F3N11O7S3/c1-21(2,3)43-20(41)27-4-5-35-19(30-33-34-35)45-7-9-6-44-16-11(15(38)36(16)12(9)17(39)40)28-14(37)10(13-29-18(26)46-32-13)31-42-8-22(23,24)25/h11,16H,4-8H2,1-3H3,(H,27,41)(H,28,37)(H,39,40)(H2,26,29,32)/t11?,16-/m1/s1. The molecule has 0 saturated carbocycles. The minimum Gasteiger partial charge on any atom is -0.477 e. The third-order valence-corrected chi connectivity index (χ3v) is 8.58. The van der Waals surface area contributed by atoms with Gasteiger partial charge in [0.15, 0.2) is 5.13 Å². The summed E-state index contributed by atoms with van der Waals surface area (Å²) in [5, 5.41) is 28.9. The van der Waals surface area contributed by atoms with E-state index in [-0.39, 0.29) is 35.4 Å². The number of tetrazole rings is 1. The Bertz CT molecular complexity index is 1560. The third-order valence-electron chi connectivity index (χ3n) is 5.66. The number of hydrogen-bond acceptors (Lipinski definition) is 16. The van der Waals surface area contributed by atoms with Crippen molar-refractivity contribution in [1.29, 1.82) is 0 Å². The molecule has 0 aromatic carbocycles. The summed E-state index contributed by atoms with van der Waals surface area (Å²) >= 11 is 2.92. The molecule has 0 spiro atoms. The number of aromatic nitrogens is 6. The first kappa shape index (κ1) is 34.7. The first-order valence-electron chi connectivity index (χ1n) is 13.0. The van der Waals surface area contributed by atoms with Gasteiger partial charge in [-0.1, -0.05) is 16.9 Å². The fourth-order valence-corrected chi connectivity index (χ4v) is 6.68. The van der Waals surface area contributed by atoms with E-state index in [9.17, 15) is 37.5 Å². The average Bonchev–Trinajstić information content (AvgIpc) is 3.58. The van der Waals surface area contributed by atoms with Crippen LogP contribution in [0.2, 0.25) is 0 Å². The van der Waals surface area contributed by atoms with Crippen molar-refractivity contribution in [2.24, 2.45) is 5.16 Å². The van der Waals surface area contributed by atoms with E-state index in [1.54, 1.807) is 20.8 Å². The second-order valence-corrected chi connectivity index (χ2v) is 13.1. The van der Waals surface area contributed by atoms with Gasteiger partial charge in [-0.15, -0.1) is 16.9 Å². The Morgan fingerprint density at radius 2 is 2.00 bits per heavy atom. The molecule has 24 heteroatoms. The number of ether oxygens (including phenoxy) is 1. The number of carbonyl (C=O) groups excluding carboxylic acids is 3. The molecule has 4 rings (SSSR count). The predicted molar refractivity (Wildman–Crippen MR) is 155 cm³/mol. The van der Waals surface area contributed by atoms with Crippen LogP contribution in [0, 0.1) is 0 Å². The van der Waals surface area contributed by atoms with Gasteiger partial charge in [0.2, 0.25) is 23.3 Å². The van der Waals surface area contributed by atoms with Gasteiger partial charge in [0.1, 0.15) is 22.7 Å². The van der Waals surface area contributed by atoms with Crippen molar-refractivity contribution < 1.29 is 47.0 Å². The molecule has 4 heterocycles. The Kier molecular flexibility index (Phi) is 10.6. The smallest absolute Gasteiger partial charge is 0.425 e. The second-order valence-electron chi connectivity index (χ2n) is 10.3. The summed E-state index contributed by atoms with van der Waals surface area (Å²) in [6.45, 7) is 3.71. The number of hydrogen-bond donors (Lipinski definition) is 4. The van der Waals surface area contributed by atoms with Crippen LogP contribution in [0.1, 0.15) is 26.6 Å². The number of β-lactam (4-membered cyclic amide) rings is 1. The van der Waals surface area contributed by atoms with Crippen LogP contribution in [-0.2, 0) is 30.5 Å². The number of nitrogen functional groups attached to an aromatic ring is 1. The summed E-state index contributed by atoms with van der Waals surface area (Å²) < 4.78 is 48.0. The summed E-state index contributed by atoms with van der Waals surface area (Å²) in [6.07, 6.45) is -5.36. The van der Waals surface area contributed by atoms with Crippen molar-refractivity contribution in [3.63, 3.8) is 0 Å². The predicted octanol–water partition coefficient (Wildman–Crippen LogP) is 0.445. The van der Waals surface area contributed by atoms with Gasteiger partial charge < -0.3 is 31.0 Å². The number of nitrogens with zero attached hydrogens (tertiary/aromatic N) is 8. The molecule has 3 amide bonds. The molecule has 2 aromatic heterocycles. The van der Waals surface area contributed by atoms with Crippen LogP contribution in [0.4, 0.5) is 23.1 Å². The van der Waals surface area contributed by atoms with E-state index >= 15 is 0 Å². The van der Waals surface area contributed by atoms with Crippen LogP contribution in [0.5, 0.6) is 0 Å². The third kappa shape index (κ3) is 8.74. The molecule has 1 unspecified atom stereocenters. The number of halogens is 3. The maximum atomic E-state index is 13.1. The number of rotatable bonds is 12. The Hall–Kier alpha value is -4.19. The number of oxime groups is 1. The molecule has 18 nitrogen and oxygen atoms in total. The van der Waals surface area contributed by atoms with E-state index in [2.05, 4.69) is 45.5 Å². The number of aliphatic carboxylic acids is 1. The highest BCUT2D eigenvalue weighted by Gasteiger charge is 2.54. The van der Waals surface area contributed by atoms with E-state index in [0.29, 0.717) is 22.3 Å². The molecule has 2 aliphatic rings. The minimum atomic E-state index is -4.75. The molecular formula is C22H26F3N11O7S3. The summed E-state index contributed by atoms with van der Waals surface area (Å²) in [7, 11) is 0. The Morgan fingerprint density at radius 3 is 2.63 bits per heavy atom. The number of thioether (sulfide) groups is 2. The van der Waals surface area contributed by atoms with Crippen LogP contribution < -0.4 is 16.4 Å². The molecule has 5 N–H and O–H groups in total. The SMILES string of the molecule is CC(C)(C)OC(=O)NCCn1nnnc1SCC1=C(C(=O)O)N2C(=O)C(NC(=O)C(=NOCC(F)(F)F)c3nsc(N)n3)[C@H]2SC1. The van der Waals surface area contributed by atoms with Crippen molar-refractivity contribution >= 4 is 69.8 Å². The van der Waals surface area contributed by atoms with Crippen molar-refractivity contribution in [3.05, 3.63) is 17.1 Å². The molecule has 0 bridgehead atoms. The van der Waals surface area contributed by atoms with Gasteiger partial charge in [0.25, 0.3) is 11.8 Å². The second kappa shape index (κ2) is 14.1. The summed E-state index contributed by atoms with van der Waals surface area (Å²) in [5.74, 6) is -3.47. The van der Waals surface area contributed by atoms with E-state index in [0.717, 1.165) is 28.4 Å². The number of carboxylic acids is 1. The number of alkyl halides is 3. The molecule has 0 aliphatic carbocycles. The van der Waals surface area contributed by atoms with Crippen LogP contribution >= 0.6 is 35.1 Å². The molecule has 2 atom stereocenters. The van der Waals surface area contributed by atoms with E-state index in [1.165, 1.54) is 4.68 Å². The number of nitrogens with two attached hydrogens (primary N) is 1. The molecule has 250 valence electrons. The van der Waals surface area contributed by atoms with Crippen molar-refractivity contribution in [2.75, 3.05) is 30.4 Å². The van der Waals surface area contributed by atoms with Gasteiger partial charge in [-0.2, -0.15) is 22.5 Å². The molecule has 46 heavy (non-hydrogen) atoms. The summed E-state index contributed by atoms with van der Waals surface area (Å²) in [6, 6.07) is -1.24. The number of alkyl carbamates (subject to hydrolysis) is 1. The van der Waals surface area contributed by atoms with Gasteiger partial charge in [-0.05, 0) is 36.8 Å². The zero-order valence-corrected chi connectivity index (χ0v) is 26.6. The minimum absolute atomic E-state index is 0.0896. The highest BCUT2D eigenvalue weighted by molar-refractivity contribution is 8.01. The van der Waals surface area contributed by atoms with Crippen LogP contribution in [0.15, 0.2) is 21.6 Å². The molecule has 2 aliphatic heterocycles. The fourth-order valence-electron chi connectivity index (χ4n) is 3.86. The number of amides is 3. The molecule has 1 saturated heterocycles. The normalized spacial score (nSPS) is 18.5. The Balaban J connectivity index is 1.40. The molecular weight excluding hydrogens is 684 g/mol. The monoisotopic (exact) mass is 709 g/mol. The van der Waals surface area contributed by atoms with Gasteiger partial charge in [-0.3, -0.25) is 14.5 Å². The Morgan fingerprint density at radius 1 is 1.26 bits per heavy atom. The topological polar surface area (TPSA) is 242 Å². The Labute approximate surface area is 269 Å².